The summed E-state index contributed by atoms with van der Waals surface area (Å²) in [7, 11) is 0. The highest BCUT2D eigenvalue weighted by Crippen LogP contribution is 2.28. The molecule has 1 saturated heterocycles. The Labute approximate surface area is 133 Å². The molecule has 1 aliphatic rings. The number of aromatic nitrogens is 3. The molecule has 6 heteroatoms. The Morgan fingerprint density at radius 2 is 2.13 bits per heavy atom. The van der Waals surface area contributed by atoms with E-state index >= 15 is 0 Å². The van der Waals surface area contributed by atoms with E-state index in [-0.39, 0.29) is 5.82 Å². The summed E-state index contributed by atoms with van der Waals surface area (Å²) in [6, 6.07) is 6.68. The van der Waals surface area contributed by atoms with Gasteiger partial charge < -0.3 is 9.51 Å². The predicted molar refractivity (Wildman–Crippen MR) is 84.5 cm³/mol. The van der Waals surface area contributed by atoms with Crippen molar-refractivity contribution in [3.8, 4) is 0 Å². The number of fused-ring (bicyclic) bond motifs is 1. The van der Waals surface area contributed by atoms with E-state index in [1.165, 1.54) is 12.1 Å². The first-order chi connectivity index (χ1) is 11.2. The highest BCUT2D eigenvalue weighted by atomic mass is 19.1. The SMILES string of the molecule is Cc1cc(CN2CCC(c3nc4ccc(F)cc4[nH]3)CC2)no1. The van der Waals surface area contributed by atoms with Gasteiger partial charge in [-0.3, -0.25) is 4.90 Å². The van der Waals surface area contributed by atoms with Gasteiger partial charge in [0, 0.05) is 18.5 Å². The summed E-state index contributed by atoms with van der Waals surface area (Å²) in [5, 5.41) is 4.05. The molecule has 0 bridgehead atoms. The summed E-state index contributed by atoms with van der Waals surface area (Å²) in [5.74, 6) is 2.00. The molecule has 1 N–H and O–H groups in total. The van der Waals surface area contributed by atoms with Gasteiger partial charge in [0.15, 0.2) is 0 Å². The number of rotatable bonds is 3. The van der Waals surface area contributed by atoms with Crippen molar-refractivity contribution in [1.82, 2.24) is 20.0 Å². The fourth-order valence-corrected chi connectivity index (χ4v) is 3.28. The van der Waals surface area contributed by atoms with Crippen LogP contribution in [0, 0.1) is 12.7 Å². The Morgan fingerprint density at radius 1 is 1.30 bits per heavy atom. The average molecular weight is 314 g/mol. The van der Waals surface area contributed by atoms with E-state index in [2.05, 4.69) is 20.0 Å². The zero-order chi connectivity index (χ0) is 15.8. The van der Waals surface area contributed by atoms with Crippen LogP contribution in [-0.2, 0) is 6.54 Å². The molecule has 3 heterocycles. The topological polar surface area (TPSA) is 58.0 Å². The van der Waals surface area contributed by atoms with E-state index in [1.807, 2.05) is 13.0 Å². The van der Waals surface area contributed by atoms with Crippen LogP contribution in [0.25, 0.3) is 11.0 Å². The number of H-pyrrole nitrogens is 1. The summed E-state index contributed by atoms with van der Waals surface area (Å²) in [6.45, 7) is 4.74. The number of aryl methyl sites for hydroxylation is 1. The minimum absolute atomic E-state index is 0.231. The second-order valence-electron chi connectivity index (χ2n) is 6.26. The van der Waals surface area contributed by atoms with E-state index in [4.69, 9.17) is 4.52 Å². The van der Waals surface area contributed by atoms with Crippen molar-refractivity contribution in [2.24, 2.45) is 0 Å². The quantitative estimate of drug-likeness (QED) is 0.805. The van der Waals surface area contributed by atoms with Crippen LogP contribution in [0.15, 0.2) is 28.8 Å². The third-order valence-electron chi connectivity index (χ3n) is 4.50. The summed E-state index contributed by atoms with van der Waals surface area (Å²) in [4.78, 5) is 10.3. The average Bonchev–Trinajstić information content (AvgIpc) is 3.14. The van der Waals surface area contributed by atoms with Crippen LogP contribution in [0.3, 0.4) is 0 Å². The molecule has 0 unspecified atom stereocenters. The van der Waals surface area contributed by atoms with Gasteiger partial charge in [-0.25, -0.2) is 9.37 Å². The Morgan fingerprint density at radius 3 is 2.87 bits per heavy atom. The number of imidazole rings is 1. The number of hydrogen-bond donors (Lipinski definition) is 1. The number of piperidine rings is 1. The van der Waals surface area contributed by atoms with E-state index < -0.39 is 0 Å². The first-order valence-electron chi connectivity index (χ1n) is 7.97. The van der Waals surface area contributed by atoms with Crippen LogP contribution in [0.2, 0.25) is 0 Å². The van der Waals surface area contributed by atoms with Crippen molar-refractivity contribution in [2.75, 3.05) is 13.1 Å². The molecule has 4 rings (SSSR count). The highest BCUT2D eigenvalue weighted by Gasteiger charge is 2.23. The van der Waals surface area contributed by atoms with Crippen molar-refractivity contribution >= 4 is 11.0 Å². The number of hydrogen-bond acceptors (Lipinski definition) is 4. The van der Waals surface area contributed by atoms with Gasteiger partial charge in [0.05, 0.1) is 16.7 Å². The van der Waals surface area contributed by atoms with Gasteiger partial charge >= 0.3 is 0 Å². The van der Waals surface area contributed by atoms with Crippen LogP contribution in [0.1, 0.15) is 36.0 Å². The van der Waals surface area contributed by atoms with Gasteiger partial charge in [0.1, 0.15) is 17.4 Å². The molecule has 0 atom stereocenters. The van der Waals surface area contributed by atoms with Crippen LogP contribution in [0.4, 0.5) is 4.39 Å². The molecule has 1 fully saturated rings. The van der Waals surface area contributed by atoms with Crippen molar-refractivity contribution < 1.29 is 8.91 Å². The summed E-state index contributed by atoms with van der Waals surface area (Å²) >= 11 is 0. The molecule has 5 nitrogen and oxygen atoms in total. The molecule has 23 heavy (non-hydrogen) atoms. The summed E-state index contributed by atoms with van der Waals surface area (Å²) in [5.41, 5.74) is 2.60. The lowest BCUT2D eigenvalue weighted by Crippen LogP contribution is -2.32. The maximum atomic E-state index is 13.3. The minimum atomic E-state index is -0.231. The van der Waals surface area contributed by atoms with Gasteiger partial charge in [-0.15, -0.1) is 0 Å². The molecular formula is C17H19FN4O. The number of nitrogens with one attached hydrogen (secondary N) is 1. The van der Waals surface area contributed by atoms with Crippen molar-refractivity contribution in [1.29, 1.82) is 0 Å². The van der Waals surface area contributed by atoms with Crippen LogP contribution in [0.5, 0.6) is 0 Å². The zero-order valence-electron chi connectivity index (χ0n) is 13.1. The second-order valence-corrected chi connectivity index (χ2v) is 6.26. The lowest BCUT2D eigenvalue weighted by Gasteiger charge is -2.30. The molecular weight excluding hydrogens is 295 g/mol. The van der Waals surface area contributed by atoms with E-state index in [0.29, 0.717) is 5.92 Å². The first kappa shape index (κ1) is 14.4. The monoisotopic (exact) mass is 314 g/mol. The Kier molecular flexibility index (Phi) is 3.61. The standard InChI is InChI=1S/C17H19FN4O/c1-11-8-14(21-23-11)10-22-6-4-12(5-7-22)17-19-15-3-2-13(18)9-16(15)20-17/h2-3,8-9,12H,4-7,10H2,1H3,(H,19,20). The normalized spacial score (nSPS) is 17.1. The van der Waals surface area contributed by atoms with E-state index in [9.17, 15) is 4.39 Å². The van der Waals surface area contributed by atoms with Gasteiger partial charge in [0.2, 0.25) is 0 Å². The third kappa shape index (κ3) is 2.99. The number of nitrogens with zero attached hydrogens (tertiary/aromatic N) is 3. The fraction of sp³-hybridized carbons (Fsp3) is 0.412. The first-order valence-corrected chi connectivity index (χ1v) is 7.97. The Hall–Kier alpha value is -2.21. The summed E-state index contributed by atoms with van der Waals surface area (Å²) in [6.07, 6.45) is 2.08. The molecule has 0 spiro atoms. The van der Waals surface area contributed by atoms with Crippen LogP contribution < -0.4 is 0 Å². The predicted octanol–water partition coefficient (Wildman–Crippen LogP) is 3.38. The van der Waals surface area contributed by atoms with E-state index in [1.54, 1.807) is 6.07 Å². The number of likely N-dealkylation sites (tertiary alicyclic amines) is 1. The smallest absolute Gasteiger partial charge is 0.133 e. The molecule has 3 aromatic rings. The molecule has 120 valence electrons. The second kappa shape index (κ2) is 5.77. The number of benzene rings is 1. The molecule has 0 saturated carbocycles. The lowest BCUT2D eigenvalue weighted by molar-refractivity contribution is 0.197. The molecule has 1 aromatic carbocycles. The molecule has 0 amide bonds. The van der Waals surface area contributed by atoms with Crippen molar-refractivity contribution in [3.63, 3.8) is 0 Å². The molecule has 2 aromatic heterocycles. The maximum Gasteiger partial charge on any atom is 0.133 e. The van der Waals surface area contributed by atoms with Crippen LogP contribution >= 0.6 is 0 Å². The molecule has 0 aliphatic carbocycles. The number of halogens is 1. The number of aromatic amines is 1. The van der Waals surface area contributed by atoms with Gasteiger partial charge in [-0.1, -0.05) is 5.16 Å². The zero-order valence-corrected chi connectivity index (χ0v) is 13.1. The molecule has 0 radical (unpaired) electrons. The minimum Gasteiger partial charge on any atom is -0.361 e. The van der Waals surface area contributed by atoms with Gasteiger partial charge in [0.25, 0.3) is 0 Å². The lowest BCUT2D eigenvalue weighted by atomic mass is 9.96. The van der Waals surface area contributed by atoms with Crippen LogP contribution in [-0.4, -0.2) is 33.1 Å². The maximum absolute atomic E-state index is 13.3. The largest absolute Gasteiger partial charge is 0.361 e. The summed E-state index contributed by atoms with van der Waals surface area (Å²) < 4.78 is 18.4. The van der Waals surface area contributed by atoms with Gasteiger partial charge in [-0.2, -0.15) is 0 Å². The Balaban J connectivity index is 1.42. The van der Waals surface area contributed by atoms with E-state index in [0.717, 1.165) is 60.8 Å². The third-order valence-corrected chi connectivity index (χ3v) is 4.50. The fourth-order valence-electron chi connectivity index (χ4n) is 3.28. The van der Waals surface area contributed by atoms with Gasteiger partial charge in [-0.05, 0) is 51.1 Å². The molecule has 1 aliphatic heterocycles. The van der Waals surface area contributed by atoms with Crippen molar-refractivity contribution in [3.05, 3.63) is 47.4 Å². The highest BCUT2D eigenvalue weighted by molar-refractivity contribution is 5.75. The van der Waals surface area contributed by atoms with Crippen molar-refractivity contribution in [2.45, 2.75) is 32.2 Å². The Bertz CT molecular complexity index is 817.